The van der Waals surface area contributed by atoms with Gasteiger partial charge >= 0.3 is 5.97 Å². The predicted octanol–water partition coefficient (Wildman–Crippen LogP) is 0.432. The smallest absolute Gasteiger partial charge is 0.303 e. The van der Waals surface area contributed by atoms with Crippen LogP contribution in [0.5, 0.6) is 0 Å². The summed E-state index contributed by atoms with van der Waals surface area (Å²) in [6.07, 6.45) is 0.817. The van der Waals surface area contributed by atoms with Crippen molar-refractivity contribution in [2.75, 3.05) is 11.9 Å². The number of anilines is 1. The second kappa shape index (κ2) is 5.39. The summed E-state index contributed by atoms with van der Waals surface area (Å²) in [4.78, 5) is 10.4. The first-order valence-electron chi connectivity index (χ1n) is 5.66. The van der Waals surface area contributed by atoms with Gasteiger partial charge in [-0.3, -0.25) is 4.79 Å². The fourth-order valence-electron chi connectivity index (χ4n) is 1.49. The largest absolute Gasteiger partial charge is 0.481 e. The van der Waals surface area contributed by atoms with E-state index in [9.17, 15) is 4.79 Å². The standard InChI is InChI=1S/C10H14N6O2/c1-7(2-5-10(17)18)6-11-8-3-4-9-12-14-15-16(9)13-8/h3-4,7H,2,5-6H2,1H3,(H,11,13)(H,17,18). The lowest BCUT2D eigenvalue weighted by molar-refractivity contribution is -0.137. The lowest BCUT2D eigenvalue weighted by atomic mass is 10.1. The summed E-state index contributed by atoms with van der Waals surface area (Å²) in [5.41, 5.74) is 0.583. The zero-order valence-corrected chi connectivity index (χ0v) is 9.94. The van der Waals surface area contributed by atoms with Gasteiger partial charge in [0.2, 0.25) is 0 Å². The van der Waals surface area contributed by atoms with Gasteiger partial charge in [0, 0.05) is 13.0 Å². The number of fused-ring (bicyclic) bond motifs is 1. The van der Waals surface area contributed by atoms with E-state index < -0.39 is 5.97 Å². The molecule has 8 heteroatoms. The van der Waals surface area contributed by atoms with E-state index in [1.165, 1.54) is 4.63 Å². The molecule has 2 rings (SSSR count). The molecule has 0 aromatic carbocycles. The van der Waals surface area contributed by atoms with Gasteiger partial charge < -0.3 is 10.4 Å². The van der Waals surface area contributed by atoms with Crippen molar-refractivity contribution in [2.24, 2.45) is 5.92 Å². The molecule has 0 aliphatic carbocycles. The van der Waals surface area contributed by atoms with Crippen LogP contribution in [0.1, 0.15) is 19.8 Å². The monoisotopic (exact) mass is 250 g/mol. The molecule has 8 nitrogen and oxygen atoms in total. The van der Waals surface area contributed by atoms with Crippen molar-refractivity contribution >= 4 is 17.4 Å². The van der Waals surface area contributed by atoms with Crippen LogP contribution in [0.4, 0.5) is 5.82 Å². The molecule has 2 heterocycles. The molecule has 0 aliphatic heterocycles. The highest BCUT2D eigenvalue weighted by Gasteiger charge is 2.06. The predicted molar refractivity (Wildman–Crippen MR) is 63.1 cm³/mol. The number of nitrogens with one attached hydrogen (secondary N) is 1. The van der Waals surface area contributed by atoms with E-state index in [0.29, 0.717) is 24.4 Å². The number of hydrogen-bond donors (Lipinski definition) is 2. The lowest BCUT2D eigenvalue weighted by Gasteiger charge is -2.11. The Hall–Kier alpha value is -2.25. The molecular weight excluding hydrogens is 236 g/mol. The first kappa shape index (κ1) is 12.2. The average Bonchev–Trinajstić information content (AvgIpc) is 2.81. The third-order valence-corrected chi connectivity index (χ3v) is 2.55. The highest BCUT2D eigenvalue weighted by Crippen LogP contribution is 2.08. The third kappa shape index (κ3) is 3.12. The Morgan fingerprint density at radius 3 is 3.17 bits per heavy atom. The van der Waals surface area contributed by atoms with E-state index in [1.54, 1.807) is 12.1 Å². The zero-order valence-electron chi connectivity index (χ0n) is 9.94. The Labute approximate surface area is 103 Å². The highest BCUT2D eigenvalue weighted by atomic mass is 16.4. The van der Waals surface area contributed by atoms with Crippen LogP contribution in [-0.4, -0.2) is 42.9 Å². The summed E-state index contributed by atoms with van der Waals surface area (Å²) >= 11 is 0. The summed E-state index contributed by atoms with van der Waals surface area (Å²) in [6, 6.07) is 3.55. The van der Waals surface area contributed by atoms with Gasteiger partial charge in [0.25, 0.3) is 0 Å². The maximum Gasteiger partial charge on any atom is 0.303 e. The maximum absolute atomic E-state index is 10.4. The van der Waals surface area contributed by atoms with Crippen molar-refractivity contribution in [3.05, 3.63) is 12.1 Å². The first-order valence-corrected chi connectivity index (χ1v) is 5.66. The fourth-order valence-corrected chi connectivity index (χ4v) is 1.49. The molecular formula is C10H14N6O2. The van der Waals surface area contributed by atoms with Crippen molar-refractivity contribution in [2.45, 2.75) is 19.8 Å². The number of carboxylic acid groups (broad SMARTS) is 1. The van der Waals surface area contributed by atoms with E-state index in [1.807, 2.05) is 6.92 Å². The number of nitrogens with zero attached hydrogens (tertiary/aromatic N) is 5. The van der Waals surface area contributed by atoms with Gasteiger partial charge in [0.05, 0.1) is 0 Å². The molecule has 0 aliphatic rings. The van der Waals surface area contributed by atoms with Crippen LogP contribution >= 0.6 is 0 Å². The zero-order chi connectivity index (χ0) is 13.0. The van der Waals surface area contributed by atoms with E-state index in [0.717, 1.165) is 0 Å². The van der Waals surface area contributed by atoms with E-state index in [2.05, 4.69) is 25.9 Å². The molecule has 0 saturated heterocycles. The van der Waals surface area contributed by atoms with Gasteiger partial charge in [-0.05, 0) is 34.9 Å². The molecule has 96 valence electrons. The van der Waals surface area contributed by atoms with Gasteiger partial charge in [0.15, 0.2) is 5.65 Å². The van der Waals surface area contributed by atoms with Gasteiger partial charge in [0.1, 0.15) is 5.82 Å². The van der Waals surface area contributed by atoms with Gasteiger partial charge in [-0.25, -0.2) is 0 Å². The maximum atomic E-state index is 10.4. The molecule has 0 fully saturated rings. The number of tetrazole rings is 1. The van der Waals surface area contributed by atoms with Crippen LogP contribution in [0.25, 0.3) is 5.65 Å². The number of aliphatic carboxylic acids is 1. The SMILES string of the molecule is CC(CCC(=O)O)CNc1ccc2nnnn2n1. The third-order valence-electron chi connectivity index (χ3n) is 2.55. The minimum Gasteiger partial charge on any atom is -0.481 e. The van der Waals surface area contributed by atoms with E-state index >= 15 is 0 Å². The van der Waals surface area contributed by atoms with Crippen LogP contribution in [-0.2, 0) is 4.79 Å². The average molecular weight is 250 g/mol. The first-order chi connectivity index (χ1) is 8.65. The van der Waals surface area contributed by atoms with E-state index in [-0.39, 0.29) is 12.3 Å². The second-order valence-electron chi connectivity index (χ2n) is 4.16. The van der Waals surface area contributed by atoms with Crippen LogP contribution in [0.15, 0.2) is 12.1 Å². The molecule has 2 N–H and O–H groups in total. The number of carbonyl (C=O) groups is 1. The molecule has 0 bridgehead atoms. The topological polar surface area (TPSA) is 105 Å². The van der Waals surface area contributed by atoms with Crippen LogP contribution in [0, 0.1) is 5.92 Å². The molecule has 1 atom stereocenters. The summed E-state index contributed by atoms with van der Waals surface area (Å²) in [5.74, 6) is 0.152. The minimum atomic E-state index is -0.768. The number of hydrogen-bond acceptors (Lipinski definition) is 6. The number of aromatic nitrogens is 5. The summed E-state index contributed by atoms with van der Waals surface area (Å²) in [7, 11) is 0. The molecule has 1 unspecified atom stereocenters. The normalized spacial score (nSPS) is 12.5. The Morgan fingerprint density at radius 2 is 2.39 bits per heavy atom. The highest BCUT2D eigenvalue weighted by molar-refractivity contribution is 5.66. The van der Waals surface area contributed by atoms with Crippen molar-refractivity contribution in [1.29, 1.82) is 0 Å². The van der Waals surface area contributed by atoms with Gasteiger partial charge in [-0.1, -0.05) is 6.92 Å². The Balaban J connectivity index is 1.87. The Bertz CT molecular complexity index is 540. The summed E-state index contributed by atoms with van der Waals surface area (Å²) in [5, 5.41) is 26.8. The molecule has 0 amide bonds. The van der Waals surface area contributed by atoms with Crippen LogP contribution < -0.4 is 5.32 Å². The number of carboxylic acids is 1. The fraction of sp³-hybridized carbons (Fsp3) is 0.500. The summed E-state index contributed by atoms with van der Waals surface area (Å²) in [6.45, 7) is 2.65. The lowest BCUT2D eigenvalue weighted by Crippen LogP contribution is -2.14. The Kier molecular flexibility index (Phi) is 3.66. The van der Waals surface area contributed by atoms with Crippen LogP contribution in [0.3, 0.4) is 0 Å². The summed E-state index contributed by atoms with van der Waals surface area (Å²) < 4.78 is 1.34. The molecule has 18 heavy (non-hydrogen) atoms. The second-order valence-corrected chi connectivity index (χ2v) is 4.16. The molecule has 2 aromatic rings. The van der Waals surface area contributed by atoms with Crippen molar-refractivity contribution < 1.29 is 9.90 Å². The van der Waals surface area contributed by atoms with Crippen molar-refractivity contribution in [3.63, 3.8) is 0 Å². The molecule has 0 spiro atoms. The Morgan fingerprint density at radius 1 is 1.56 bits per heavy atom. The quantitative estimate of drug-likeness (QED) is 0.765. The van der Waals surface area contributed by atoms with Crippen molar-refractivity contribution in [1.82, 2.24) is 25.3 Å². The van der Waals surface area contributed by atoms with Gasteiger partial charge in [-0.2, -0.15) is 0 Å². The van der Waals surface area contributed by atoms with Gasteiger partial charge in [-0.15, -0.1) is 14.8 Å². The minimum absolute atomic E-state index is 0.183. The molecule has 0 saturated carbocycles. The van der Waals surface area contributed by atoms with E-state index in [4.69, 9.17) is 5.11 Å². The molecule has 2 aromatic heterocycles. The van der Waals surface area contributed by atoms with Crippen molar-refractivity contribution in [3.8, 4) is 0 Å². The number of rotatable bonds is 6. The van der Waals surface area contributed by atoms with Crippen LogP contribution in [0.2, 0.25) is 0 Å². The molecule has 0 radical (unpaired) electrons.